The number of hydrogen-bond acceptors (Lipinski definition) is 6. The normalized spacial score (nSPS) is 16.6. The Bertz CT molecular complexity index is 1460. The summed E-state index contributed by atoms with van der Waals surface area (Å²) in [6.45, 7) is 4.69. The summed E-state index contributed by atoms with van der Waals surface area (Å²) < 4.78 is 0. The monoisotopic (exact) mass is 495 g/mol. The zero-order valence-electron chi connectivity index (χ0n) is 21.1. The van der Waals surface area contributed by atoms with E-state index in [0.717, 1.165) is 64.4 Å². The molecule has 4 N–H and O–H groups in total. The van der Waals surface area contributed by atoms with Crippen LogP contribution in [0.4, 0.5) is 0 Å². The van der Waals surface area contributed by atoms with Crippen molar-refractivity contribution >= 4 is 33.6 Å². The van der Waals surface area contributed by atoms with Crippen molar-refractivity contribution in [3.63, 3.8) is 0 Å². The molecular formula is C30H33N5O2. The lowest BCUT2D eigenvalue weighted by Crippen LogP contribution is -2.43. The van der Waals surface area contributed by atoms with E-state index in [-0.39, 0.29) is 18.0 Å². The van der Waals surface area contributed by atoms with Crippen LogP contribution in [0, 0.1) is 0 Å². The minimum atomic E-state index is -0.808. The van der Waals surface area contributed by atoms with Crippen LogP contribution in [0.3, 0.4) is 0 Å². The number of aliphatic hydroxyl groups is 1. The van der Waals surface area contributed by atoms with E-state index in [1.165, 1.54) is 0 Å². The molecule has 0 spiro atoms. The smallest absolute Gasteiger partial charge is 0.125 e. The van der Waals surface area contributed by atoms with Crippen molar-refractivity contribution in [3.05, 3.63) is 89.5 Å². The molecule has 0 bridgehead atoms. The van der Waals surface area contributed by atoms with Crippen LogP contribution in [0.15, 0.2) is 83.0 Å². The number of amidine groups is 1. The summed E-state index contributed by atoms with van der Waals surface area (Å²) in [4.78, 5) is 4.64. The number of phenols is 1. The van der Waals surface area contributed by atoms with Gasteiger partial charge in [0.2, 0.25) is 0 Å². The van der Waals surface area contributed by atoms with Crippen molar-refractivity contribution in [2.45, 2.75) is 19.1 Å². The average molecular weight is 496 g/mol. The Kier molecular flexibility index (Phi) is 7.46. The number of phenolic OH excluding ortho intramolecular Hbond substituents is 1. The third-order valence-corrected chi connectivity index (χ3v) is 7.05. The van der Waals surface area contributed by atoms with Gasteiger partial charge in [0, 0.05) is 44.7 Å². The standard InChI is InChI=1S/C30H33N5O2/c1-34-12-14-35(15-13-34)20-23-16-21(10-11-28(23)36)19-32-33-30(31)18-29(37)27-17-22-6-2-3-7-24(22)25-8-4-5-9-26(25)27/h2-11,16-17,19,29,36-37H,12-15,18,20H2,1H3,(H2,31,33)/b32-19+. The molecule has 0 saturated carbocycles. The number of nitrogens with two attached hydrogens (primary N) is 1. The molecule has 7 nitrogen and oxygen atoms in total. The van der Waals surface area contributed by atoms with Gasteiger partial charge in [-0.2, -0.15) is 5.10 Å². The molecule has 0 aromatic heterocycles. The Morgan fingerprint density at radius 2 is 1.65 bits per heavy atom. The number of fused-ring (bicyclic) bond motifs is 3. The summed E-state index contributed by atoms with van der Waals surface area (Å²) in [5.41, 5.74) is 8.67. The van der Waals surface area contributed by atoms with Gasteiger partial charge in [0.15, 0.2) is 0 Å². The van der Waals surface area contributed by atoms with E-state index in [4.69, 9.17) is 5.73 Å². The van der Waals surface area contributed by atoms with Crippen LogP contribution >= 0.6 is 0 Å². The second kappa shape index (κ2) is 11.1. The third-order valence-electron chi connectivity index (χ3n) is 7.05. The summed E-state index contributed by atoms with van der Waals surface area (Å²) >= 11 is 0. The molecule has 190 valence electrons. The van der Waals surface area contributed by atoms with Gasteiger partial charge < -0.3 is 20.8 Å². The quantitative estimate of drug-likeness (QED) is 0.154. The summed E-state index contributed by atoms with van der Waals surface area (Å²) in [5.74, 6) is 0.530. The summed E-state index contributed by atoms with van der Waals surface area (Å²) in [6, 6.07) is 23.7. The first kappa shape index (κ1) is 24.9. The molecule has 1 aliphatic heterocycles. The lowest BCUT2D eigenvalue weighted by molar-refractivity contribution is 0.147. The summed E-state index contributed by atoms with van der Waals surface area (Å²) in [5, 5.41) is 34.0. The molecule has 5 rings (SSSR count). The van der Waals surface area contributed by atoms with Crippen LogP contribution in [0.1, 0.15) is 29.2 Å². The number of aliphatic hydroxyl groups excluding tert-OH is 1. The summed E-state index contributed by atoms with van der Waals surface area (Å²) in [7, 11) is 2.13. The Hall–Kier alpha value is -3.78. The van der Waals surface area contributed by atoms with Crippen LogP contribution in [0.2, 0.25) is 0 Å². The van der Waals surface area contributed by atoms with Crippen molar-refractivity contribution in [1.29, 1.82) is 0 Å². The van der Waals surface area contributed by atoms with Crippen molar-refractivity contribution < 1.29 is 10.2 Å². The average Bonchev–Trinajstić information content (AvgIpc) is 2.91. The van der Waals surface area contributed by atoms with Crippen molar-refractivity contribution in [2.75, 3.05) is 33.2 Å². The molecule has 1 atom stereocenters. The molecule has 4 aromatic rings. The van der Waals surface area contributed by atoms with Crippen LogP contribution in [0.5, 0.6) is 5.75 Å². The highest BCUT2D eigenvalue weighted by molar-refractivity contribution is 6.09. The SMILES string of the molecule is CN1CCN(Cc2cc(/C=N/N=C(\N)CC(O)c3cc4ccccc4c4ccccc34)ccc2O)CC1. The minimum Gasteiger partial charge on any atom is -0.508 e. The number of benzene rings is 4. The number of aromatic hydroxyl groups is 1. The number of hydrogen-bond donors (Lipinski definition) is 3. The van der Waals surface area contributed by atoms with Crippen LogP contribution < -0.4 is 5.73 Å². The zero-order chi connectivity index (χ0) is 25.8. The van der Waals surface area contributed by atoms with E-state index in [2.05, 4.69) is 45.2 Å². The molecule has 0 aliphatic carbocycles. The van der Waals surface area contributed by atoms with E-state index < -0.39 is 6.10 Å². The predicted molar refractivity (Wildman–Crippen MR) is 151 cm³/mol. The van der Waals surface area contributed by atoms with Crippen LogP contribution in [-0.2, 0) is 6.54 Å². The van der Waals surface area contributed by atoms with Gasteiger partial charge in [0.25, 0.3) is 0 Å². The minimum absolute atomic E-state index is 0.171. The Morgan fingerprint density at radius 3 is 2.43 bits per heavy atom. The second-order valence-corrected chi connectivity index (χ2v) is 9.76. The van der Waals surface area contributed by atoms with Gasteiger partial charge >= 0.3 is 0 Å². The topological polar surface area (TPSA) is 97.7 Å². The van der Waals surface area contributed by atoms with Gasteiger partial charge in [0.05, 0.1) is 12.3 Å². The van der Waals surface area contributed by atoms with Gasteiger partial charge in [-0.3, -0.25) is 4.90 Å². The number of likely N-dealkylation sites (N-methyl/N-ethyl adjacent to an activating group) is 1. The van der Waals surface area contributed by atoms with E-state index in [1.54, 1.807) is 18.3 Å². The summed E-state index contributed by atoms with van der Waals surface area (Å²) in [6.07, 6.45) is 0.985. The number of piperazine rings is 1. The van der Waals surface area contributed by atoms with Crippen molar-refractivity contribution in [2.24, 2.45) is 15.9 Å². The third kappa shape index (κ3) is 5.80. The largest absolute Gasteiger partial charge is 0.508 e. The van der Waals surface area contributed by atoms with Crippen LogP contribution in [0.25, 0.3) is 21.5 Å². The van der Waals surface area contributed by atoms with E-state index >= 15 is 0 Å². The fraction of sp³-hybridized carbons (Fsp3) is 0.267. The first-order chi connectivity index (χ1) is 18.0. The Balaban J connectivity index is 1.29. The molecule has 37 heavy (non-hydrogen) atoms. The lowest BCUT2D eigenvalue weighted by Gasteiger charge is -2.32. The molecule has 1 unspecified atom stereocenters. The van der Waals surface area contributed by atoms with E-state index in [0.29, 0.717) is 6.54 Å². The van der Waals surface area contributed by atoms with Gasteiger partial charge in [-0.05, 0) is 64.0 Å². The molecule has 1 aliphatic rings. The molecule has 7 heteroatoms. The first-order valence-electron chi connectivity index (χ1n) is 12.6. The van der Waals surface area contributed by atoms with Gasteiger partial charge in [0.1, 0.15) is 11.6 Å². The highest BCUT2D eigenvalue weighted by Crippen LogP contribution is 2.33. The molecule has 0 radical (unpaired) electrons. The van der Waals surface area contributed by atoms with E-state index in [1.807, 2.05) is 42.5 Å². The Labute approximate surface area is 217 Å². The highest BCUT2D eigenvalue weighted by Gasteiger charge is 2.16. The van der Waals surface area contributed by atoms with Crippen LogP contribution in [-0.4, -0.2) is 65.3 Å². The second-order valence-electron chi connectivity index (χ2n) is 9.76. The maximum atomic E-state index is 11.1. The molecule has 1 fully saturated rings. The maximum absolute atomic E-state index is 11.1. The van der Waals surface area contributed by atoms with Gasteiger partial charge in [-0.25, -0.2) is 0 Å². The fourth-order valence-corrected chi connectivity index (χ4v) is 4.94. The highest BCUT2D eigenvalue weighted by atomic mass is 16.3. The Morgan fingerprint density at radius 1 is 0.946 bits per heavy atom. The van der Waals surface area contributed by atoms with Crippen molar-refractivity contribution in [1.82, 2.24) is 9.80 Å². The lowest BCUT2D eigenvalue weighted by atomic mass is 9.93. The van der Waals surface area contributed by atoms with Crippen molar-refractivity contribution in [3.8, 4) is 5.75 Å². The molecular weight excluding hydrogens is 462 g/mol. The van der Waals surface area contributed by atoms with Gasteiger partial charge in [-0.15, -0.1) is 5.10 Å². The molecule has 1 heterocycles. The fourth-order valence-electron chi connectivity index (χ4n) is 4.94. The number of rotatable bonds is 7. The zero-order valence-corrected chi connectivity index (χ0v) is 21.1. The predicted octanol–water partition coefficient (Wildman–Crippen LogP) is 4.26. The molecule has 0 amide bonds. The van der Waals surface area contributed by atoms with E-state index in [9.17, 15) is 10.2 Å². The number of nitrogens with zero attached hydrogens (tertiary/aromatic N) is 4. The maximum Gasteiger partial charge on any atom is 0.125 e. The first-order valence-corrected chi connectivity index (χ1v) is 12.6. The van der Waals surface area contributed by atoms with Gasteiger partial charge in [-0.1, -0.05) is 48.5 Å². The molecule has 4 aromatic carbocycles. The molecule has 1 saturated heterocycles.